The number of alkyl halides is 1. The number of rotatable bonds is 2. The minimum atomic E-state index is -0.573. The van der Waals surface area contributed by atoms with Gasteiger partial charge in [-0.25, -0.2) is 14.1 Å². The summed E-state index contributed by atoms with van der Waals surface area (Å²) in [6.07, 6.45) is 1.77. The first kappa shape index (κ1) is 11.3. The fourth-order valence-corrected chi connectivity index (χ4v) is 2.18. The van der Waals surface area contributed by atoms with E-state index in [4.69, 9.17) is 0 Å². The predicted molar refractivity (Wildman–Crippen MR) is 71.4 cm³/mol. The lowest BCUT2D eigenvalue weighted by molar-refractivity contribution is 0.475. The lowest BCUT2D eigenvalue weighted by Gasteiger charge is -2.04. The average Bonchev–Trinajstić information content (AvgIpc) is 2.81. The molecule has 0 saturated heterocycles. The number of nitrogens with zero attached hydrogens (tertiary/aromatic N) is 3. The lowest BCUT2D eigenvalue weighted by atomic mass is 10.2. The van der Waals surface area contributed by atoms with Crippen molar-refractivity contribution in [3.63, 3.8) is 0 Å². The summed E-state index contributed by atoms with van der Waals surface area (Å²) in [7, 11) is 0. The van der Waals surface area contributed by atoms with Crippen molar-refractivity contribution in [1.82, 2.24) is 14.8 Å². The van der Waals surface area contributed by atoms with Gasteiger partial charge >= 0.3 is 0 Å². The van der Waals surface area contributed by atoms with Crippen molar-refractivity contribution in [3.8, 4) is 5.82 Å². The Bertz CT molecular complexity index is 708. The summed E-state index contributed by atoms with van der Waals surface area (Å²) in [5.74, 6) is 0.623. The highest BCUT2D eigenvalue weighted by Gasteiger charge is 2.07. The molecule has 18 heavy (non-hydrogen) atoms. The molecule has 3 rings (SSSR count). The third-order valence-electron chi connectivity index (χ3n) is 2.68. The van der Waals surface area contributed by atoms with E-state index in [-0.39, 0.29) is 0 Å². The fraction of sp³-hybridized carbons (Fsp3) is 0.0769. The van der Waals surface area contributed by atoms with Crippen molar-refractivity contribution in [1.29, 1.82) is 0 Å². The monoisotopic (exact) mass is 305 g/mol. The molecule has 1 aromatic carbocycles. The van der Waals surface area contributed by atoms with Gasteiger partial charge in [0.05, 0.1) is 17.4 Å². The highest BCUT2D eigenvalue weighted by Crippen LogP contribution is 2.21. The number of hydrogen-bond donors (Lipinski definition) is 0. The molecule has 0 fully saturated rings. The molecule has 2 heterocycles. The van der Waals surface area contributed by atoms with Crippen molar-refractivity contribution < 1.29 is 4.39 Å². The standard InChI is InChI=1S/C13H9BrFN3/c14-10-5-4-9-8-16-18(12(9)6-10)13-3-1-2-11(7-15)17-13/h1-6,8H,7H2. The zero-order valence-corrected chi connectivity index (χ0v) is 10.9. The molecular formula is C13H9BrFN3. The van der Waals surface area contributed by atoms with E-state index in [0.29, 0.717) is 11.5 Å². The Morgan fingerprint density at radius 2 is 2.11 bits per heavy atom. The fourth-order valence-electron chi connectivity index (χ4n) is 1.83. The first-order chi connectivity index (χ1) is 8.78. The molecule has 0 N–H and O–H groups in total. The minimum absolute atomic E-state index is 0.408. The highest BCUT2D eigenvalue weighted by atomic mass is 79.9. The van der Waals surface area contributed by atoms with E-state index < -0.39 is 6.67 Å². The zero-order chi connectivity index (χ0) is 12.5. The Hall–Kier alpha value is -1.75. The molecule has 0 aliphatic carbocycles. The smallest absolute Gasteiger partial charge is 0.154 e. The maximum absolute atomic E-state index is 12.6. The van der Waals surface area contributed by atoms with E-state index >= 15 is 0 Å². The van der Waals surface area contributed by atoms with Crippen LogP contribution < -0.4 is 0 Å². The van der Waals surface area contributed by atoms with Crippen molar-refractivity contribution in [2.24, 2.45) is 0 Å². The summed E-state index contributed by atoms with van der Waals surface area (Å²) in [6.45, 7) is -0.573. The maximum Gasteiger partial charge on any atom is 0.154 e. The van der Waals surface area contributed by atoms with Crippen molar-refractivity contribution in [2.75, 3.05) is 0 Å². The van der Waals surface area contributed by atoms with Crippen LogP contribution in [0.4, 0.5) is 4.39 Å². The molecule has 0 radical (unpaired) electrons. The van der Waals surface area contributed by atoms with Crippen molar-refractivity contribution in [3.05, 3.63) is 52.8 Å². The van der Waals surface area contributed by atoms with Gasteiger partial charge in [0.1, 0.15) is 6.67 Å². The van der Waals surface area contributed by atoms with Crippen molar-refractivity contribution >= 4 is 26.8 Å². The van der Waals surface area contributed by atoms with Crippen LogP contribution in [0, 0.1) is 0 Å². The molecule has 0 atom stereocenters. The second kappa shape index (κ2) is 4.49. The molecule has 0 aliphatic rings. The molecule has 90 valence electrons. The number of aromatic nitrogens is 3. The van der Waals surface area contributed by atoms with Crippen LogP contribution in [0.2, 0.25) is 0 Å². The summed E-state index contributed by atoms with van der Waals surface area (Å²) in [5, 5.41) is 5.31. The Labute approximate surface area is 111 Å². The quantitative estimate of drug-likeness (QED) is 0.723. The number of benzene rings is 1. The SMILES string of the molecule is FCc1cccc(-n2ncc3ccc(Br)cc32)n1. The third kappa shape index (κ3) is 1.90. The maximum atomic E-state index is 12.6. The second-order valence-electron chi connectivity index (χ2n) is 3.88. The van der Waals surface area contributed by atoms with Gasteiger partial charge in [-0.1, -0.05) is 28.1 Å². The van der Waals surface area contributed by atoms with E-state index in [1.165, 1.54) is 0 Å². The van der Waals surface area contributed by atoms with Crippen LogP contribution in [0.1, 0.15) is 5.69 Å². The van der Waals surface area contributed by atoms with Crippen LogP contribution in [0.3, 0.4) is 0 Å². The largest absolute Gasteiger partial charge is 0.244 e. The first-order valence-corrected chi connectivity index (χ1v) is 6.23. The predicted octanol–water partition coefficient (Wildman–Crippen LogP) is 3.65. The van der Waals surface area contributed by atoms with Crippen LogP contribution in [0.5, 0.6) is 0 Å². The van der Waals surface area contributed by atoms with Gasteiger partial charge in [0.2, 0.25) is 0 Å². The summed E-state index contributed by atoms with van der Waals surface area (Å²) in [4.78, 5) is 4.22. The van der Waals surface area contributed by atoms with Crippen molar-refractivity contribution in [2.45, 2.75) is 6.67 Å². The summed E-state index contributed by atoms with van der Waals surface area (Å²) in [5.41, 5.74) is 1.35. The molecule has 0 bridgehead atoms. The van der Waals surface area contributed by atoms with Gasteiger partial charge in [-0.2, -0.15) is 5.10 Å². The zero-order valence-electron chi connectivity index (χ0n) is 9.35. The molecule has 0 saturated carbocycles. The van der Waals surface area contributed by atoms with Gasteiger partial charge in [-0.05, 0) is 24.3 Å². The average molecular weight is 306 g/mol. The molecular weight excluding hydrogens is 297 g/mol. The number of fused-ring (bicyclic) bond motifs is 1. The van der Waals surface area contributed by atoms with E-state index in [1.54, 1.807) is 23.0 Å². The summed E-state index contributed by atoms with van der Waals surface area (Å²) >= 11 is 3.43. The van der Waals surface area contributed by atoms with Gasteiger partial charge in [0.25, 0.3) is 0 Å². The van der Waals surface area contributed by atoms with E-state index in [0.717, 1.165) is 15.4 Å². The van der Waals surface area contributed by atoms with Gasteiger partial charge in [-0.15, -0.1) is 0 Å². The van der Waals surface area contributed by atoms with Crippen LogP contribution in [0.25, 0.3) is 16.7 Å². The number of hydrogen-bond acceptors (Lipinski definition) is 2. The summed E-state index contributed by atoms with van der Waals surface area (Å²) < 4.78 is 15.3. The van der Waals surface area contributed by atoms with Gasteiger partial charge in [-0.3, -0.25) is 0 Å². The van der Waals surface area contributed by atoms with E-state index in [1.807, 2.05) is 24.3 Å². The Kier molecular flexibility index (Phi) is 2.83. The van der Waals surface area contributed by atoms with Crippen LogP contribution in [-0.4, -0.2) is 14.8 Å². The van der Waals surface area contributed by atoms with Crippen LogP contribution in [-0.2, 0) is 6.67 Å². The number of halogens is 2. The highest BCUT2D eigenvalue weighted by molar-refractivity contribution is 9.10. The normalized spacial score (nSPS) is 11.0. The molecule has 5 heteroatoms. The van der Waals surface area contributed by atoms with Crippen LogP contribution >= 0.6 is 15.9 Å². The van der Waals surface area contributed by atoms with Gasteiger partial charge in [0, 0.05) is 9.86 Å². The molecule has 0 spiro atoms. The molecule has 0 amide bonds. The molecule has 3 nitrogen and oxygen atoms in total. The molecule has 0 aliphatic heterocycles. The Balaban J connectivity index is 2.21. The number of pyridine rings is 1. The molecule has 0 unspecified atom stereocenters. The van der Waals surface area contributed by atoms with E-state index in [9.17, 15) is 4.39 Å². The Morgan fingerprint density at radius 3 is 2.94 bits per heavy atom. The Morgan fingerprint density at radius 1 is 1.22 bits per heavy atom. The topological polar surface area (TPSA) is 30.7 Å². The lowest BCUT2D eigenvalue weighted by Crippen LogP contribution is -2.00. The van der Waals surface area contributed by atoms with Gasteiger partial charge in [0.15, 0.2) is 5.82 Å². The van der Waals surface area contributed by atoms with Gasteiger partial charge < -0.3 is 0 Å². The first-order valence-electron chi connectivity index (χ1n) is 5.43. The third-order valence-corrected chi connectivity index (χ3v) is 3.17. The van der Waals surface area contributed by atoms with E-state index in [2.05, 4.69) is 26.0 Å². The molecule has 3 aromatic rings. The summed E-state index contributed by atoms with van der Waals surface area (Å²) in [6, 6.07) is 11.1. The molecule has 2 aromatic heterocycles. The minimum Gasteiger partial charge on any atom is -0.244 e. The second-order valence-corrected chi connectivity index (χ2v) is 4.80. The van der Waals surface area contributed by atoms with Crippen LogP contribution in [0.15, 0.2) is 47.1 Å².